The van der Waals surface area contributed by atoms with Gasteiger partial charge in [0.15, 0.2) is 0 Å². The SMILES string of the molecule is CCN(CC)C(=O)c1ccc(S(=O)(=O)NCC(c2ccco2)N2CCCC2)cc1. The van der Waals surface area contributed by atoms with Crippen LogP contribution in [-0.2, 0) is 10.0 Å². The van der Waals surface area contributed by atoms with Gasteiger partial charge in [0.2, 0.25) is 10.0 Å². The minimum absolute atomic E-state index is 0.0983. The number of sulfonamides is 1. The lowest BCUT2D eigenvalue weighted by molar-refractivity contribution is 0.0773. The fourth-order valence-electron chi connectivity index (χ4n) is 3.69. The molecule has 0 spiro atoms. The van der Waals surface area contributed by atoms with Gasteiger partial charge in [0, 0.05) is 25.2 Å². The van der Waals surface area contributed by atoms with Crippen LogP contribution < -0.4 is 4.72 Å². The molecule has 7 nitrogen and oxygen atoms in total. The molecule has 158 valence electrons. The van der Waals surface area contributed by atoms with Crippen LogP contribution in [0.25, 0.3) is 0 Å². The van der Waals surface area contributed by atoms with Gasteiger partial charge in [-0.05, 0) is 76.2 Å². The van der Waals surface area contributed by atoms with E-state index in [1.807, 2.05) is 26.0 Å². The maximum absolute atomic E-state index is 12.8. The van der Waals surface area contributed by atoms with Crippen molar-refractivity contribution in [3.05, 3.63) is 54.0 Å². The molecule has 1 aliphatic rings. The summed E-state index contributed by atoms with van der Waals surface area (Å²) < 4.78 is 33.8. The van der Waals surface area contributed by atoms with Crippen LogP contribution >= 0.6 is 0 Å². The Balaban J connectivity index is 1.70. The first kappa shape index (κ1) is 21.5. The summed E-state index contributed by atoms with van der Waals surface area (Å²) in [6, 6.07) is 9.67. The Labute approximate surface area is 172 Å². The zero-order valence-corrected chi connectivity index (χ0v) is 17.8. The van der Waals surface area contributed by atoms with E-state index in [2.05, 4.69) is 9.62 Å². The molecule has 1 atom stereocenters. The molecule has 0 aliphatic carbocycles. The van der Waals surface area contributed by atoms with Gasteiger partial charge in [0.25, 0.3) is 5.91 Å². The highest BCUT2D eigenvalue weighted by Gasteiger charge is 2.27. The molecular weight excluding hydrogens is 390 g/mol. The zero-order valence-electron chi connectivity index (χ0n) is 17.0. The molecule has 1 N–H and O–H groups in total. The third kappa shape index (κ3) is 5.07. The van der Waals surface area contributed by atoms with Crippen LogP contribution in [0, 0.1) is 0 Å². The first-order valence-corrected chi connectivity index (χ1v) is 11.6. The second-order valence-electron chi connectivity index (χ2n) is 7.13. The molecule has 8 heteroatoms. The van der Waals surface area contributed by atoms with Crippen molar-refractivity contribution < 1.29 is 17.6 Å². The monoisotopic (exact) mass is 419 g/mol. The number of nitrogens with zero attached hydrogens (tertiary/aromatic N) is 2. The smallest absolute Gasteiger partial charge is 0.253 e. The molecule has 1 aromatic carbocycles. The van der Waals surface area contributed by atoms with Crippen molar-refractivity contribution in [2.24, 2.45) is 0 Å². The number of hydrogen-bond acceptors (Lipinski definition) is 5. The highest BCUT2D eigenvalue weighted by molar-refractivity contribution is 7.89. The van der Waals surface area contributed by atoms with Crippen LogP contribution in [0.3, 0.4) is 0 Å². The molecule has 2 heterocycles. The van der Waals surface area contributed by atoms with Crippen molar-refractivity contribution in [1.82, 2.24) is 14.5 Å². The fraction of sp³-hybridized carbons (Fsp3) is 0.476. The Kier molecular flexibility index (Phi) is 7.10. The van der Waals surface area contributed by atoms with E-state index in [-0.39, 0.29) is 23.4 Å². The number of likely N-dealkylation sites (tertiary alicyclic amines) is 1. The summed E-state index contributed by atoms with van der Waals surface area (Å²) in [7, 11) is -3.69. The number of amides is 1. The Morgan fingerprint density at radius 2 is 1.79 bits per heavy atom. The van der Waals surface area contributed by atoms with Gasteiger partial charge in [-0.1, -0.05) is 0 Å². The van der Waals surface area contributed by atoms with Gasteiger partial charge in [-0.15, -0.1) is 0 Å². The summed E-state index contributed by atoms with van der Waals surface area (Å²) in [6.07, 6.45) is 3.82. The third-order valence-corrected chi connectivity index (χ3v) is 6.82. The van der Waals surface area contributed by atoms with E-state index < -0.39 is 10.0 Å². The number of rotatable bonds is 9. The number of furan rings is 1. The third-order valence-electron chi connectivity index (χ3n) is 5.38. The first-order chi connectivity index (χ1) is 14.0. The molecule has 0 radical (unpaired) electrons. The minimum atomic E-state index is -3.69. The van der Waals surface area contributed by atoms with Crippen LogP contribution in [0.4, 0.5) is 0 Å². The summed E-state index contributed by atoms with van der Waals surface area (Å²) in [6.45, 7) is 7.14. The second kappa shape index (κ2) is 9.56. The van der Waals surface area contributed by atoms with Gasteiger partial charge < -0.3 is 9.32 Å². The molecular formula is C21H29N3O4S. The lowest BCUT2D eigenvalue weighted by atomic mass is 10.2. The number of hydrogen-bond donors (Lipinski definition) is 1. The van der Waals surface area contributed by atoms with Crippen molar-refractivity contribution in [2.75, 3.05) is 32.7 Å². The molecule has 1 amide bonds. The van der Waals surface area contributed by atoms with E-state index in [0.717, 1.165) is 31.7 Å². The van der Waals surface area contributed by atoms with Gasteiger partial charge in [-0.25, -0.2) is 13.1 Å². The second-order valence-corrected chi connectivity index (χ2v) is 8.89. The maximum Gasteiger partial charge on any atom is 0.253 e. The lowest BCUT2D eigenvalue weighted by Gasteiger charge is -2.26. The molecule has 1 aromatic heterocycles. The molecule has 0 bridgehead atoms. The summed E-state index contributed by atoms with van der Waals surface area (Å²) in [4.78, 5) is 16.5. The predicted octanol–water partition coefficient (Wildman–Crippen LogP) is 2.88. The van der Waals surface area contributed by atoms with Crippen LogP contribution in [0.2, 0.25) is 0 Å². The number of nitrogens with one attached hydrogen (secondary N) is 1. The van der Waals surface area contributed by atoms with Gasteiger partial charge in [-0.3, -0.25) is 9.69 Å². The highest BCUT2D eigenvalue weighted by Crippen LogP contribution is 2.25. The first-order valence-electron chi connectivity index (χ1n) is 10.1. The molecule has 1 saturated heterocycles. The number of carbonyl (C=O) groups excluding carboxylic acids is 1. The molecule has 1 unspecified atom stereocenters. The Hall–Kier alpha value is -2.16. The molecule has 1 aliphatic heterocycles. The number of carbonyl (C=O) groups is 1. The minimum Gasteiger partial charge on any atom is -0.468 e. The van der Waals surface area contributed by atoms with Crippen molar-refractivity contribution in [3.63, 3.8) is 0 Å². The Morgan fingerprint density at radius 1 is 1.14 bits per heavy atom. The molecule has 3 rings (SSSR count). The van der Waals surface area contributed by atoms with Crippen LogP contribution in [0.15, 0.2) is 52.0 Å². The normalized spacial score (nSPS) is 16.1. The summed E-state index contributed by atoms with van der Waals surface area (Å²) in [5.74, 6) is 0.661. The zero-order chi connectivity index (χ0) is 20.9. The average Bonchev–Trinajstić information content (AvgIpc) is 3.44. The maximum atomic E-state index is 12.8. The van der Waals surface area contributed by atoms with Crippen LogP contribution in [0.5, 0.6) is 0 Å². The van der Waals surface area contributed by atoms with E-state index >= 15 is 0 Å². The van der Waals surface area contributed by atoms with Crippen molar-refractivity contribution in [3.8, 4) is 0 Å². The number of benzene rings is 1. The molecule has 0 saturated carbocycles. The van der Waals surface area contributed by atoms with Crippen molar-refractivity contribution in [1.29, 1.82) is 0 Å². The van der Waals surface area contributed by atoms with Crippen LogP contribution in [-0.4, -0.2) is 56.8 Å². The van der Waals surface area contributed by atoms with Crippen molar-refractivity contribution >= 4 is 15.9 Å². The Morgan fingerprint density at radius 3 is 2.34 bits per heavy atom. The fourth-order valence-corrected chi connectivity index (χ4v) is 4.72. The molecule has 1 fully saturated rings. The molecule has 2 aromatic rings. The lowest BCUT2D eigenvalue weighted by Crippen LogP contribution is -2.36. The van der Waals surface area contributed by atoms with E-state index in [4.69, 9.17) is 4.42 Å². The summed E-state index contributed by atoms with van der Waals surface area (Å²) in [5.41, 5.74) is 0.484. The van der Waals surface area contributed by atoms with Crippen LogP contribution in [0.1, 0.15) is 48.8 Å². The average molecular weight is 420 g/mol. The van der Waals surface area contributed by atoms with E-state index in [9.17, 15) is 13.2 Å². The van der Waals surface area contributed by atoms with Gasteiger partial charge in [0.1, 0.15) is 5.76 Å². The quantitative estimate of drug-likeness (QED) is 0.676. The van der Waals surface area contributed by atoms with E-state index in [1.54, 1.807) is 23.3 Å². The van der Waals surface area contributed by atoms with E-state index in [1.165, 1.54) is 12.1 Å². The summed E-state index contributed by atoms with van der Waals surface area (Å²) >= 11 is 0. The molecule has 29 heavy (non-hydrogen) atoms. The van der Waals surface area contributed by atoms with E-state index in [0.29, 0.717) is 18.7 Å². The van der Waals surface area contributed by atoms with Gasteiger partial charge in [-0.2, -0.15) is 0 Å². The Bertz CT molecular complexity index is 885. The topological polar surface area (TPSA) is 82.9 Å². The largest absolute Gasteiger partial charge is 0.468 e. The van der Waals surface area contributed by atoms with Gasteiger partial charge >= 0.3 is 0 Å². The highest BCUT2D eigenvalue weighted by atomic mass is 32.2. The predicted molar refractivity (Wildman–Crippen MR) is 111 cm³/mol. The van der Waals surface area contributed by atoms with Crippen molar-refractivity contribution in [2.45, 2.75) is 37.6 Å². The van der Waals surface area contributed by atoms with Gasteiger partial charge in [0.05, 0.1) is 17.2 Å². The summed E-state index contributed by atoms with van der Waals surface area (Å²) in [5, 5.41) is 0. The standard InChI is InChI=1S/C21H29N3O4S/c1-3-23(4-2)21(25)17-9-11-18(12-10-17)29(26,27)22-16-19(20-8-7-15-28-20)24-13-5-6-14-24/h7-12,15,19,22H,3-6,13-14,16H2,1-2H3.